The van der Waals surface area contributed by atoms with E-state index in [2.05, 4.69) is 4.72 Å². The quantitative estimate of drug-likeness (QED) is 0.915. The topological polar surface area (TPSA) is 66.5 Å². The van der Waals surface area contributed by atoms with Crippen LogP contribution in [0, 0.1) is 19.8 Å². The summed E-state index contributed by atoms with van der Waals surface area (Å²) < 4.78 is 28.0. The molecule has 0 bridgehead atoms. The maximum absolute atomic E-state index is 12.6. The Hall–Kier alpha value is -1.40. The van der Waals surface area contributed by atoms with Gasteiger partial charge in [-0.05, 0) is 43.9 Å². The second kappa shape index (κ2) is 7.01. The van der Waals surface area contributed by atoms with Gasteiger partial charge in [-0.3, -0.25) is 4.79 Å². The first kappa shape index (κ1) is 17.9. The third-order valence-electron chi connectivity index (χ3n) is 4.26. The normalized spacial score (nSPS) is 16.8. The van der Waals surface area contributed by atoms with Gasteiger partial charge in [-0.1, -0.05) is 26.0 Å². The van der Waals surface area contributed by atoms with Gasteiger partial charge >= 0.3 is 0 Å². The molecule has 0 spiro atoms. The van der Waals surface area contributed by atoms with Crippen LogP contribution in [0.1, 0.15) is 37.8 Å². The SMILES string of the molecule is Cc1ccc(C)c(S(=O)(=O)NC2CCN(C(=O)C(C)C)CC2)c1. The number of aryl methyl sites for hydroxylation is 2. The third kappa shape index (κ3) is 4.32. The van der Waals surface area contributed by atoms with E-state index in [1.54, 1.807) is 13.0 Å². The summed E-state index contributed by atoms with van der Waals surface area (Å²) in [7, 11) is -3.52. The largest absolute Gasteiger partial charge is 0.342 e. The molecule has 0 unspecified atom stereocenters. The molecule has 1 aliphatic heterocycles. The van der Waals surface area contributed by atoms with Gasteiger partial charge < -0.3 is 4.90 Å². The van der Waals surface area contributed by atoms with Crippen LogP contribution in [0.5, 0.6) is 0 Å². The maximum atomic E-state index is 12.6. The summed E-state index contributed by atoms with van der Waals surface area (Å²) in [6.07, 6.45) is 1.31. The Morgan fingerprint density at radius 3 is 2.39 bits per heavy atom. The smallest absolute Gasteiger partial charge is 0.241 e. The van der Waals surface area contributed by atoms with Gasteiger partial charge in [-0.25, -0.2) is 13.1 Å². The maximum Gasteiger partial charge on any atom is 0.241 e. The number of benzene rings is 1. The number of nitrogens with one attached hydrogen (secondary N) is 1. The fraction of sp³-hybridized carbons (Fsp3) is 0.588. The predicted octanol–water partition coefficient (Wildman–Crippen LogP) is 2.23. The van der Waals surface area contributed by atoms with Crippen molar-refractivity contribution in [2.45, 2.75) is 51.5 Å². The molecule has 0 saturated carbocycles. The summed E-state index contributed by atoms with van der Waals surface area (Å²) in [5.74, 6) is 0.124. The second-order valence-electron chi connectivity index (χ2n) is 6.64. The number of carbonyl (C=O) groups excluding carboxylic acids is 1. The van der Waals surface area contributed by atoms with Crippen molar-refractivity contribution in [1.82, 2.24) is 9.62 Å². The highest BCUT2D eigenvalue weighted by molar-refractivity contribution is 7.89. The molecule has 1 saturated heterocycles. The van der Waals surface area contributed by atoms with Crippen LogP contribution in [0.4, 0.5) is 0 Å². The molecule has 1 aromatic carbocycles. The Bertz CT molecular complexity index is 675. The van der Waals surface area contributed by atoms with Gasteiger partial charge in [-0.2, -0.15) is 0 Å². The Morgan fingerprint density at radius 2 is 1.83 bits per heavy atom. The fourth-order valence-electron chi connectivity index (χ4n) is 2.86. The molecule has 1 aromatic rings. The molecule has 0 radical (unpaired) electrons. The molecule has 1 fully saturated rings. The van der Waals surface area contributed by atoms with Crippen LogP contribution in [0.15, 0.2) is 23.1 Å². The Labute approximate surface area is 139 Å². The van der Waals surface area contributed by atoms with E-state index in [0.29, 0.717) is 30.8 Å². The van der Waals surface area contributed by atoms with Crippen LogP contribution >= 0.6 is 0 Å². The molecule has 2 rings (SSSR count). The highest BCUT2D eigenvalue weighted by Gasteiger charge is 2.28. The summed E-state index contributed by atoms with van der Waals surface area (Å²) in [6, 6.07) is 5.32. The molecule has 1 heterocycles. The van der Waals surface area contributed by atoms with Crippen molar-refractivity contribution in [2.24, 2.45) is 5.92 Å². The first-order chi connectivity index (χ1) is 10.7. The Kier molecular flexibility index (Phi) is 5.47. The van der Waals surface area contributed by atoms with Gasteiger partial charge in [0, 0.05) is 25.0 Å². The first-order valence-electron chi connectivity index (χ1n) is 8.09. The summed E-state index contributed by atoms with van der Waals surface area (Å²) in [5.41, 5.74) is 1.67. The van der Waals surface area contributed by atoms with Gasteiger partial charge in [-0.15, -0.1) is 0 Å². The van der Waals surface area contributed by atoms with Crippen LogP contribution in [0.2, 0.25) is 0 Å². The number of rotatable bonds is 4. The average molecular weight is 338 g/mol. The summed E-state index contributed by atoms with van der Waals surface area (Å²) >= 11 is 0. The van der Waals surface area contributed by atoms with Crippen molar-refractivity contribution >= 4 is 15.9 Å². The minimum atomic E-state index is -3.52. The van der Waals surface area contributed by atoms with Crippen LogP contribution in [0.3, 0.4) is 0 Å². The average Bonchev–Trinajstić information content (AvgIpc) is 2.49. The van der Waals surface area contributed by atoms with E-state index in [9.17, 15) is 13.2 Å². The minimum Gasteiger partial charge on any atom is -0.342 e. The molecule has 5 nitrogen and oxygen atoms in total. The number of hydrogen-bond donors (Lipinski definition) is 1. The van der Waals surface area contributed by atoms with Crippen molar-refractivity contribution in [3.8, 4) is 0 Å². The van der Waals surface area contributed by atoms with Gasteiger partial charge in [0.05, 0.1) is 4.90 Å². The molecule has 23 heavy (non-hydrogen) atoms. The second-order valence-corrected chi connectivity index (χ2v) is 8.33. The zero-order chi connectivity index (χ0) is 17.2. The number of carbonyl (C=O) groups is 1. The van der Waals surface area contributed by atoms with Gasteiger partial charge in [0.15, 0.2) is 0 Å². The van der Waals surface area contributed by atoms with Gasteiger partial charge in [0.25, 0.3) is 0 Å². The standard InChI is InChI=1S/C17H26N2O3S/c1-12(2)17(20)19-9-7-15(8-10-19)18-23(21,22)16-11-13(3)5-6-14(16)4/h5-6,11-12,15,18H,7-10H2,1-4H3. The van der Waals surface area contributed by atoms with Crippen LogP contribution < -0.4 is 4.72 Å². The number of piperidine rings is 1. The number of amides is 1. The van der Waals surface area contributed by atoms with Crippen molar-refractivity contribution < 1.29 is 13.2 Å². The Morgan fingerprint density at radius 1 is 1.22 bits per heavy atom. The van der Waals surface area contributed by atoms with E-state index in [1.165, 1.54) is 0 Å². The first-order valence-corrected chi connectivity index (χ1v) is 9.57. The van der Waals surface area contributed by atoms with Crippen molar-refractivity contribution in [3.05, 3.63) is 29.3 Å². The predicted molar refractivity (Wildman–Crippen MR) is 90.7 cm³/mol. The molecule has 0 aliphatic carbocycles. The lowest BCUT2D eigenvalue weighted by Crippen LogP contribution is -2.47. The van der Waals surface area contributed by atoms with Crippen molar-refractivity contribution in [2.75, 3.05) is 13.1 Å². The lowest BCUT2D eigenvalue weighted by atomic mass is 10.0. The monoisotopic (exact) mass is 338 g/mol. The molecular weight excluding hydrogens is 312 g/mol. The number of hydrogen-bond acceptors (Lipinski definition) is 3. The van der Waals surface area contributed by atoms with E-state index >= 15 is 0 Å². The van der Waals surface area contributed by atoms with E-state index in [-0.39, 0.29) is 17.9 Å². The van der Waals surface area contributed by atoms with Crippen LogP contribution in [-0.4, -0.2) is 38.4 Å². The van der Waals surface area contributed by atoms with E-state index in [4.69, 9.17) is 0 Å². The summed E-state index contributed by atoms with van der Waals surface area (Å²) in [4.78, 5) is 14.2. The van der Waals surface area contributed by atoms with E-state index in [1.807, 2.05) is 37.8 Å². The van der Waals surface area contributed by atoms with Crippen molar-refractivity contribution in [1.29, 1.82) is 0 Å². The summed E-state index contributed by atoms with van der Waals surface area (Å²) in [6.45, 7) is 8.68. The fourth-order valence-corrected chi connectivity index (χ4v) is 4.50. The van der Waals surface area contributed by atoms with Gasteiger partial charge in [0.1, 0.15) is 0 Å². The number of nitrogens with zero attached hydrogens (tertiary/aromatic N) is 1. The molecule has 0 atom stereocenters. The highest BCUT2D eigenvalue weighted by Crippen LogP contribution is 2.20. The molecule has 128 valence electrons. The van der Waals surface area contributed by atoms with E-state index < -0.39 is 10.0 Å². The minimum absolute atomic E-state index is 0.0156. The lowest BCUT2D eigenvalue weighted by molar-refractivity contribution is -0.135. The highest BCUT2D eigenvalue weighted by atomic mass is 32.2. The molecule has 0 aromatic heterocycles. The molecule has 6 heteroatoms. The molecule has 1 aliphatic rings. The zero-order valence-corrected chi connectivity index (χ0v) is 15.1. The molecule has 1 amide bonds. The molecular formula is C17H26N2O3S. The van der Waals surface area contributed by atoms with Gasteiger partial charge in [0.2, 0.25) is 15.9 Å². The van der Waals surface area contributed by atoms with Crippen LogP contribution in [-0.2, 0) is 14.8 Å². The Balaban J connectivity index is 2.03. The third-order valence-corrected chi connectivity index (χ3v) is 5.92. The van der Waals surface area contributed by atoms with Crippen molar-refractivity contribution in [3.63, 3.8) is 0 Å². The van der Waals surface area contributed by atoms with E-state index in [0.717, 1.165) is 11.1 Å². The number of likely N-dealkylation sites (tertiary alicyclic amines) is 1. The zero-order valence-electron chi connectivity index (χ0n) is 14.3. The van der Waals surface area contributed by atoms with Crippen LogP contribution in [0.25, 0.3) is 0 Å². The molecule has 1 N–H and O–H groups in total. The summed E-state index contributed by atoms with van der Waals surface area (Å²) in [5, 5.41) is 0. The number of sulfonamides is 1. The lowest BCUT2D eigenvalue weighted by Gasteiger charge is -2.33.